The van der Waals surface area contributed by atoms with Crippen molar-refractivity contribution in [3.63, 3.8) is 0 Å². The van der Waals surface area contributed by atoms with Gasteiger partial charge < -0.3 is 68.8 Å². The molecule has 752 valence electrons. The third-order valence-electron chi connectivity index (χ3n) is 22.6. The first kappa shape index (κ1) is 112. The molecule has 6 aromatic carbocycles. The average Bonchev–Trinajstić information content (AvgIpc) is 1.77. The number of carboxylic acid groups (broad SMARTS) is 1. The highest BCUT2D eigenvalue weighted by Crippen LogP contribution is 2.39. The molecular weight excluding hydrogens is 1850 g/mol. The Morgan fingerprint density at radius 1 is 0.471 bits per heavy atom. The fourth-order valence-corrected chi connectivity index (χ4v) is 17.7. The number of unbranched alkanes of at least 4 members (excludes halogenated alkanes) is 5. The topological polar surface area (TPSA) is 392 Å². The van der Waals surface area contributed by atoms with E-state index in [0.717, 1.165) is 115 Å². The largest absolute Gasteiger partial charge is 0.488 e. The summed E-state index contributed by atoms with van der Waals surface area (Å²) >= 11 is 0. The summed E-state index contributed by atoms with van der Waals surface area (Å²) in [5.41, 5.74) is 9.01. The van der Waals surface area contributed by atoms with E-state index in [1.54, 1.807) is 71.9 Å². The Balaban J connectivity index is 0.000000232. The molecule has 0 radical (unpaired) electrons. The summed E-state index contributed by atoms with van der Waals surface area (Å²) in [4.78, 5) is 118. The summed E-state index contributed by atoms with van der Waals surface area (Å²) < 4.78 is 93.6. The van der Waals surface area contributed by atoms with Gasteiger partial charge in [0.2, 0.25) is 30.9 Å². The van der Waals surface area contributed by atoms with Crippen LogP contribution < -0.4 is 34.9 Å². The number of halogens is 1. The van der Waals surface area contributed by atoms with Gasteiger partial charge in [-0.15, -0.1) is 13.2 Å². The molecule has 6 heterocycles. The van der Waals surface area contributed by atoms with Crippen LogP contribution in [-0.4, -0.2) is 213 Å². The van der Waals surface area contributed by atoms with E-state index in [-0.39, 0.29) is 61.5 Å². The molecule has 3 saturated heterocycles. The minimum atomic E-state index is -3.73. The molecule has 12 rings (SSSR count). The molecule has 140 heavy (non-hydrogen) atoms. The molecule has 33 heteroatoms. The lowest BCUT2D eigenvalue weighted by atomic mass is 10.1. The van der Waals surface area contributed by atoms with Crippen LogP contribution in [0.3, 0.4) is 0 Å². The van der Waals surface area contributed by atoms with Crippen LogP contribution in [0.1, 0.15) is 182 Å². The van der Waals surface area contributed by atoms with Crippen LogP contribution in [-0.2, 0) is 71.5 Å². The Labute approximate surface area is 827 Å². The number of nitrogens with zero attached hydrogens (tertiary/aromatic N) is 5. The zero-order valence-electron chi connectivity index (χ0n) is 82.1. The first-order chi connectivity index (χ1) is 66.7. The molecule has 4 amide bonds. The number of carboxylic acids is 1. The van der Waals surface area contributed by atoms with Gasteiger partial charge in [0, 0.05) is 87.5 Å². The fraction of sp³-hybridized carbons (Fsp3) is 0.411. The maximum absolute atomic E-state index is 13.9. The first-order valence-electron chi connectivity index (χ1n) is 47.0. The fourth-order valence-electron chi connectivity index (χ4n) is 15.6. The van der Waals surface area contributed by atoms with Crippen molar-refractivity contribution in [3.8, 4) is 51.0 Å². The van der Waals surface area contributed by atoms with Crippen LogP contribution in [0.4, 0.5) is 9.59 Å². The number of benzene rings is 6. The number of esters is 3. The molecule has 30 nitrogen and oxygen atoms in total. The van der Waals surface area contributed by atoms with E-state index in [1.165, 1.54) is 31.1 Å². The van der Waals surface area contributed by atoms with Gasteiger partial charge in [-0.3, -0.25) is 14.4 Å². The number of aliphatic carboxylic acids is 1. The highest BCUT2D eigenvalue weighted by atomic mass is 35.7. The number of carbonyl (C=O) groups is 8. The summed E-state index contributed by atoms with van der Waals surface area (Å²) in [5.74, 6) is -1.42. The van der Waals surface area contributed by atoms with Crippen molar-refractivity contribution >= 4 is 129 Å². The molecule has 0 spiro atoms. The normalized spacial score (nSPS) is 16.7. The second-order valence-electron chi connectivity index (χ2n) is 35.8. The number of ether oxygens (including phenoxy) is 8. The number of hydrogen-bond acceptors (Lipinski definition) is 24. The Kier molecular flexibility index (Phi) is 43.9. The van der Waals surface area contributed by atoms with Gasteiger partial charge >= 0.3 is 36.1 Å². The molecule has 5 N–H and O–H groups in total. The van der Waals surface area contributed by atoms with Crippen LogP contribution in [0.2, 0.25) is 0 Å². The number of methoxy groups -OCH3 is 3. The predicted octanol–water partition coefficient (Wildman–Crippen LogP) is 19.2. The Morgan fingerprint density at radius 3 is 1.16 bits per heavy atom. The van der Waals surface area contributed by atoms with Crippen molar-refractivity contribution in [3.05, 3.63) is 226 Å². The van der Waals surface area contributed by atoms with Gasteiger partial charge in [-0.25, -0.2) is 60.5 Å². The predicted molar refractivity (Wildman–Crippen MR) is 549 cm³/mol. The van der Waals surface area contributed by atoms with E-state index in [9.17, 15) is 55.2 Å². The van der Waals surface area contributed by atoms with Crippen molar-refractivity contribution < 1.29 is 98.2 Å². The number of rotatable bonds is 39. The molecule has 3 aromatic heterocycles. The Hall–Kier alpha value is -12.9. The van der Waals surface area contributed by atoms with E-state index in [1.807, 2.05) is 185 Å². The molecule has 3 aliphatic heterocycles. The number of aromatic nitrogens is 3. The average molecular weight is 1980 g/mol. The lowest BCUT2D eigenvalue weighted by Crippen LogP contribution is -2.52. The number of fused-ring (bicyclic) bond motifs is 3. The quantitative estimate of drug-likeness (QED) is 0.00785. The summed E-state index contributed by atoms with van der Waals surface area (Å²) in [6, 6.07) is 48.0. The van der Waals surface area contributed by atoms with Gasteiger partial charge in [-0.05, 0) is 140 Å². The second kappa shape index (κ2) is 54.6. The van der Waals surface area contributed by atoms with E-state index < -0.39 is 109 Å². The smallest absolute Gasteiger partial charge is 0.408 e. The SMILES string of the molecule is C=CCCCS(=O)(=O)Cl.C=CCCCS(=O)(=O)N[C@@H](CCCC)C(=O)N1C[C@H](Oc2cc(-c3ccccc3)nc3ccc(C=C)cc23)C[C@H]1C(=O)OC.C=Cc1ccc2nc(-c3ccccc3)cc(O[C@@H]3C[C@@H](C(=O)OC)N(C(=O)[C@H](CCCC)NC(=O)OC(C)(C)C)C3)c2c1.C=Cc1ccc2nc(-c3ccccc3)cc(O[C@H]3CN[C@H](C(=O)OC)C3)c2c1.CCCC[C@H](NC(=O)OC(C)(C)C)C(=O)O. The molecule has 3 aliphatic rings. The molecule has 3 fully saturated rings. The van der Waals surface area contributed by atoms with Gasteiger partial charge in [0.1, 0.15) is 83.0 Å². The molecule has 0 aliphatic carbocycles. The van der Waals surface area contributed by atoms with Crippen molar-refractivity contribution in [1.82, 2.24) is 45.4 Å². The van der Waals surface area contributed by atoms with Gasteiger partial charge in [0.15, 0.2) is 0 Å². The molecule has 0 unspecified atom stereocenters. The molecule has 0 bridgehead atoms. The Bertz CT molecular complexity index is 5980. The number of carbonyl (C=O) groups excluding carboxylic acids is 7. The zero-order chi connectivity index (χ0) is 102. The van der Waals surface area contributed by atoms with E-state index in [0.29, 0.717) is 82.3 Å². The molecule has 9 aromatic rings. The van der Waals surface area contributed by atoms with Crippen LogP contribution in [0.25, 0.3) is 84.7 Å². The number of nitrogens with one attached hydrogen (secondary N) is 4. The summed E-state index contributed by atoms with van der Waals surface area (Å²) in [7, 11) is 1.87. The number of pyridine rings is 3. The molecule has 0 saturated carbocycles. The second-order valence-corrected chi connectivity index (χ2v) is 40.6. The maximum Gasteiger partial charge on any atom is 0.408 e. The third-order valence-corrected chi connectivity index (χ3v) is 25.3. The lowest BCUT2D eigenvalue weighted by molar-refractivity contribution is -0.151. The first-order valence-corrected chi connectivity index (χ1v) is 51.2. The lowest BCUT2D eigenvalue weighted by Gasteiger charge is -2.28. The third kappa shape index (κ3) is 35.2. The minimum Gasteiger partial charge on any atom is -0.488 e. The van der Waals surface area contributed by atoms with Gasteiger partial charge in [-0.1, -0.05) is 219 Å². The maximum atomic E-state index is 13.9. The van der Waals surface area contributed by atoms with Gasteiger partial charge in [0.25, 0.3) is 0 Å². The van der Waals surface area contributed by atoms with Crippen molar-refractivity contribution in [2.24, 2.45) is 0 Å². The highest BCUT2D eigenvalue weighted by molar-refractivity contribution is 8.13. The highest BCUT2D eigenvalue weighted by Gasteiger charge is 2.46. The summed E-state index contributed by atoms with van der Waals surface area (Å²) in [6.07, 6.45) is 15.0. The molecular formula is C107H134ClN9O21S2. The van der Waals surface area contributed by atoms with Crippen LogP contribution >= 0.6 is 10.7 Å². The zero-order valence-corrected chi connectivity index (χ0v) is 84.5. The summed E-state index contributed by atoms with van der Waals surface area (Å²) in [5, 5.41) is 19.6. The molecule has 9 atom stereocenters. The number of hydrogen-bond donors (Lipinski definition) is 5. The van der Waals surface area contributed by atoms with Crippen LogP contribution in [0, 0.1) is 0 Å². The van der Waals surface area contributed by atoms with Crippen molar-refractivity contribution in [2.45, 2.75) is 231 Å². The van der Waals surface area contributed by atoms with Gasteiger partial charge in [-0.2, -0.15) is 0 Å². The summed E-state index contributed by atoms with van der Waals surface area (Å²) in [6.45, 7) is 35.9. The minimum absolute atomic E-state index is 0.0422. The van der Waals surface area contributed by atoms with Crippen LogP contribution in [0.5, 0.6) is 17.2 Å². The van der Waals surface area contributed by atoms with E-state index in [2.05, 4.69) is 53.6 Å². The number of allylic oxidation sites excluding steroid dienone is 2. The monoisotopic (exact) mass is 1980 g/mol. The Morgan fingerprint density at radius 2 is 0.821 bits per heavy atom. The number of sulfonamides is 1. The number of likely N-dealkylation sites (tertiary alicyclic amines) is 2. The standard InChI is InChI=1S/C34H41N3O6S.C34H41N3O6.C23H22N2O3.C11H21NO4.C5H9ClO2S/c1-5-8-13-19-44(40,41)36-29(16-9-6-2)33(38)37-23-26(21-31(37)34(39)42-4)43-32-22-30(25-14-11-10-12-15-25)35-28-18-17-24(7-3)20-27(28)32;1-7-9-15-27(36-33(40)43-34(3,4)5)31(38)37-21-24(19-29(37)32(39)41-6)42-30-20-28(23-13-11-10-12-14-23)35-26-17-16-22(8-2)18-25(26)30;1-3-15-9-10-19-18(11-15)22(13-20(25-19)16-7-5-4-6-8-16)28-17-12-21(24-14-17)23(26)27-2;1-5-6-7-8(9(13)14)12-10(15)16-11(2,3)4;1-2-3-4-5-9(6,7)8/h5,7,10-12,14-15,17-18,20,22,26,29,31,36H,1,3,6,8-9,13,16,19,21,23H2,2,4H3;8,10-14,16-18,20,24,27,29H,2,7,9,15,19,21H2,1,3-6H3,(H,36,40);3-11,13,17,21,24H,1,12,14H2,2H3;8H,5-7H2,1-4H3,(H,12,15)(H,13,14);2H,1,3-5H2/t26-,29+,31+;24-,27+,29+;17-,21+;8-;/m1110./s1. The van der Waals surface area contributed by atoms with Crippen LogP contribution in [0.15, 0.2) is 209 Å². The van der Waals surface area contributed by atoms with Gasteiger partial charge in [0.05, 0.1) is 79.6 Å². The van der Waals surface area contributed by atoms with E-state index in [4.69, 9.17) is 68.6 Å². The number of amides is 4. The van der Waals surface area contributed by atoms with Crippen molar-refractivity contribution in [2.75, 3.05) is 52.5 Å². The number of alkyl carbamates (subject to hydrolysis) is 2. The van der Waals surface area contributed by atoms with E-state index >= 15 is 0 Å². The van der Waals surface area contributed by atoms with Crippen molar-refractivity contribution in [1.29, 1.82) is 0 Å².